The number of nitrogens with one attached hydrogen (secondary N) is 1. The first-order valence-electron chi connectivity index (χ1n) is 15.5. The van der Waals surface area contributed by atoms with Crippen LogP contribution in [0.3, 0.4) is 0 Å². The molecule has 0 aromatic rings. The van der Waals surface area contributed by atoms with E-state index in [1.54, 1.807) is 7.11 Å². The summed E-state index contributed by atoms with van der Waals surface area (Å²) in [7, 11) is 1.54. The van der Waals surface area contributed by atoms with Crippen LogP contribution in [0.15, 0.2) is 0 Å². The lowest BCUT2D eigenvalue weighted by atomic mass is 9.65. The highest BCUT2D eigenvalue weighted by Gasteiger charge is 2.42. The van der Waals surface area contributed by atoms with E-state index in [1.807, 2.05) is 0 Å². The quantitative estimate of drug-likeness (QED) is 0.128. The maximum absolute atomic E-state index is 12.6. The summed E-state index contributed by atoms with van der Waals surface area (Å²) >= 11 is 0. The molecule has 0 saturated carbocycles. The number of piperidine rings is 1. The molecule has 3 heteroatoms. The molecule has 0 bridgehead atoms. The number of methoxy groups -OCH3 is 1. The topological polar surface area (TPSA) is 38.3 Å². The average molecular weight is 494 g/mol. The zero-order chi connectivity index (χ0) is 26.0. The summed E-state index contributed by atoms with van der Waals surface area (Å²) in [6, 6.07) is 0. The number of unbranched alkanes of at least 4 members (excludes halogenated alkanes) is 13. The van der Waals surface area contributed by atoms with Gasteiger partial charge in [-0.05, 0) is 76.3 Å². The first kappa shape index (κ1) is 32.5. The Morgan fingerprint density at radius 3 is 1.69 bits per heavy atom. The van der Waals surface area contributed by atoms with E-state index in [-0.39, 0.29) is 5.97 Å². The van der Waals surface area contributed by atoms with Gasteiger partial charge in [0.05, 0.1) is 12.5 Å². The Morgan fingerprint density at radius 2 is 1.23 bits per heavy atom. The molecule has 1 heterocycles. The molecule has 1 fully saturated rings. The first-order valence-corrected chi connectivity index (χ1v) is 15.5. The SMILES string of the molecule is CCCCCCCCCCCCCCCCC(C)(C)CCC(C1CCNCC1)C(C)(C)C(=O)OC. The molecule has 0 amide bonds. The second-order valence-corrected chi connectivity index (χ2v) is 13.0. The van der Waals surface area contributed by atoms with Crippen molar-refractivity contribution in [3.8, 4) is 0 Å². The molecule has 1 aliphatic rings. The van der Waals surface area contributed by atoms with Gasteiger partial charge in [-0.15, -0.1) is 0 Å². The molecule has 1 atom stereocenters. The van der Waals surface area contributed by atoms with Crippen molar-refractivity contribution < 1.29 is 9.53 Å². The Kier molecular flexibility index (Phi) is 17.3. The highest BCUT2D eigenvalue weighted by atomic mass is 16.5. The van der Waals surface area contributed by atoms with Crippen LogP contribution in [0.25, 0.3) is 0 Å². The summed E-state index contributed by atoms with van der Waals surface area (Å²) in [5.74, 6) is 1.00. The fourth-order valence-electron chi connectivity index (χ4n) is 6.32. The van der Waals surface area contributed by atoms with Crippen molar-refractivity contribution in [2.24, 2.45) is 22.7 Å². The maximum atomic E-state index is 12.6. The molecule has 0 aliphatic carbocycles. The predicted octanol–water partition coefficient (Wildman–Crippen LogP) is 9.48. The average Bonchev–Trinajstić information content (AvgIpc) is 2.84. The van der Waals surface area contributed by atoms with Crippen molar-refractivity contribution >= 4 is 5.97 Å². The molecular formula is C32H63NO2. The van der Waals surface area contributed by atoms with Gasteiger partial charge in [0.2, 0.25) is 0 Å². The van der Waals surface area contributed by atoms with E-state index < -0.39 is 5.41 Å². The van der Waals surface area contributed by atoms with E-state index in [1.165, 1.54) is 116 Å². The summed E-state index contributed by atoms with van der Waals surface area (Å²) in [5, 5.41) is 3.49. The molecular weight excluding hydrogens is 430 g/mol. The van der Waals surface area contributed by atoms with Gasteiger partial charge in [0.1, 0.15) is 0 Å². The summed E-state index contributed by atoms with van der Waals surface area (Å²) in [5.41, 5.74) is -0.0453. The van der Waals surface area contributed by atoms with Crippen molar-refractivity contribution in [3.63, 3.8) is 0 Å². The molecule has 0 aromatic carbocycles. The van der Waals surface area contributed by atoms with Crippen LogP contribution in [0.4, 0.5) is 0 Å². The van der Waals surface area contributed by atoms with Crippen LogP contribution in [0.5, 0.6) is 0 Å². The van der Waals surface area contributed by atoms with E-state index in [2.05, 4.69) is 39.9 Å². The van der Waals surface area contributed by atoms with Crippen molar-refractivity contribution in [3.05, 3.63) is 0 Å². The van der Waals surface area contributed by atoms with Crippen LogP contribution < -0.4 is 5.32 Å². The first-order chi connectivity index (χ1) is 16.7. The number of esters is 1. The molecule has 1 N–H and O–H groups in total. The van der Waals surface area contributed by atoms with E-state index in [9.17, 15) is 4.79 Å². The molecule has 3 nitrogen and oxygen atoms in total. The van der Waals surface area contributed by atoms with Gasteiger partial charge in [-0.2, -0.15) is 0 Å². The molecule has 1 rings (SSSR count). The van der Waals surface area contributed by atoms with Crippen LogP contribution in [0.2, 0.25) is 0 Å². The molecule has 1 unspecified atom stereocenters. The summed E-state index contributed by atoms with van der Waals surface area (Å²) in [6.45, 7) is 13.6. The smallest absolute Gasteiger partial charge is 0.311 e. The number of hydrogen-bond donors (Lipinski definition) is 1. The maximum Gasteiger partial charge on any atom is 0.311 e. The van der Waals surface area contributed by atoms with Crippen LogP contribution in [0.1, 0.15) is 157 Å². The second kappa shape index (κ2) is 18.6. The van der Waals surface area contributed by atoms with Crippen LogP contribution in [-0.4, -0.2) is 26.2 Å². The summed E-state index contributed by atoms with van der Waals surface area (Å²) in [4.78, 5) is 12.6. The molecule has 0 radical (unpaired) electrons. The third-order valence-corrected chi connectivity index (χ3v) is 8.93. The fourth-order valence-corrected chi connectivity index (χ4v) is 6.32. The third kappa shape index (κ3) is 14.1. The molecule has 1 aliphatic heterocycles. The lowest BCUT2D eigenvalue weighted by molar-refractivity contribution is -0.156. The van der Waals surface area contributed by atoms with Gasteiger partial charge < -0.3 is 10.1 Å². The molecule has 208 valence electrons. The number of carbonyl (C=O) groups is 1. The van der Waals surface area contributed by atoms with Gasteiger partial charge in [-0.1, -0.05) is 111 Å². The van der Waals surface area contributed by atoms with E-state index in [0.29, 0.717) is 17.3 Å². The zero-order valence-electron chi connectivity index (χ0n) is 24.8. The van der Waals surface area contributed by atoms with E-state index in [0.717, 1.165) is 19.5 Å². The Balaban J connectivity index is 2.21. The van der Waals surface area contributed by atoms with Gasteiger partial charge in [0.25, 0.3) is 0 Å². The minimum atomic E-state index is -0.401. The number of carbonyl (C=O) groups excluding carboxylic acids is 1. The Labute approximate surface area is 220 Å². The minimum Gasteiger partial charge on any atom is -0.469 e. The highest BCUT2D eigenvalue weighted by Crippen LogP contribution is 2.43. The van der Waals surface area contributed by atoms with Crippen LogP contribution in [-0.2, 0) is 9.53 Å². The molecule has 35 heavy (non-hydrogen) atoms. The van der Waals surface area contributed by atoms with Gasteiger partial charge in [0, 0.05) is 0 Å². The minimum absolute atomic E-state index is 0.0363. The standard InChI is InChI=1S/C32H63NO2/c1-7-8-9-10-11-12-13-14-15-16-17-18-19-20-24-31(2,3)25-21-29(28-22-26-33-27-23-28)32(4,5)30(34)35-6/h28-29,33H,7-27H2,1-6H3. The number of ether oxygens (including phenoxy) is 1. The van der Waals surface area contributed by atoms with Crippen LogP contribution in [0, 0.1) is 22.7 Å². The van der Waals surface area contributed by atoms with Crippen molar-refractivity contribution in [1.29, 1.82) is 0 Å². The van der Waals surface area contributed by atoms with Gasteiger partial charge in [-0.3, -0.25) is 4.79 Å². The van der Waals surface area contributed by atoms with Crippen molar-refractivity contribution in [2.75, 3.05) is 20.2 Å². The monoisotopic (exact) mass is 493 g/mol. The zero-order valence-corrected chi connectivity index (χ0v) is 24.8. The summed E-state index contributed by atoms with van der Waals surface area (Å²) in [6.07, 6.45) is 25.9. The van der Waals surface area contributed by atoms with E-state index >= 15 is 0 Å². The lowest BCUT2D eigenvalue weighted by Gasteiger charge is -2.41. The van der Waals surface area contributed by atoms with Crippen molar-refractivity contribution in [1.82, 2.24) is 5.32 Å². The third-order valence-electron chi connectivity index (χ3n) is 8.93. The normalized spacial score (nSPS) is 16.4. The Morgan fingerprint density at radius 1 is 0.771 bits per heavy atom. The molecule has 1 saturated heterocycles. The summed E-state index contributed by atoms with van der Waals surface area (Å²) < 4.78 is 5.22. The number of rotatable bonds is 21. The molecule has 0 aromatic heterocycles. The number of hydrogen-bond acceptors (Lipinski definition) is 3. The predicted molar refractivity (Wildman–Crippen MR) is 153 cm³/mol. The highest BCUT2D eigenvalue weighted by molar-refractivity contribution is 5.76. The van der Waals surface area contributed by atoms with Gasteiger partial charge in [-0.25, -0.2) is 0 Å². The van der Waals surface area contributed by atoms with E-state index in [4.69, 9.17) is 4.74 Å². The Bertz CT molecular complexity index is 522. The second-order valence-electron chi connectivity index (χ2n) is 13.0. The van der Waals surface area contributed by atoms with Crippen LogP contribution >= 0.6 is 0 Å². The fraction of sp³-hybridized carbons (Fsp3) is 0.969. The van der Waals surface area contributed by atoms with Crippen molar-refractivity contribution in [2.45, 2.75) is 157 Å². The lowest BCUT2D eigenvalue weighted by Crippen LogP contribution is -2.42. The van der Waals surface area contributed by atoms with Gasteiger partial charge >= 0.3 is 5.97 Å². The Hall–Kier alpha value is -0.570. The van der Waals surface area contributed by atoms with Gasteiger partial charge in [0.15, 0.2) is 0 Å². The largest absolute Gasteiger partial charge is 0.469 e. The molecule has 0 spiro atoms.